The molecule has 0 fully saturated rings. The zero-order valence-electron chi connectivity index (χ0n) is 15.4. The molecule has 0 atom stereocenters. The van der Waals surface area contributed by atoms with E-state index in [2.05, 4.69) is 39.8 Å². The summed E-state index contributed by atoms with van der Waals surface area (Å²) in [5.41, 5.74) is 3.66. The number of aliphatic imine (C=N–C) groups is 1. The maximum absolute atomic E-state index is 5.42. The molecule has 0 bridgehead atoms. The van der Waals surface area contributed by atoms with E-state index in [1.165, 1.54) is 16.7 Å². The first-order chi connectivity index (χ1) is 11.6. The van der Waals surface area contributed by atoms with Gasteiger partial charge in [0.05, 0.1) is 13.3 Å². The minimum Gasteiger partial charge on any atom is -0.496 e. The Bertz CT molecular complexity index is 684. The standard InChI is InChI=1S/C18H27N5O.HI/c1-14-5-6-17(24-4)16(11-14)8-10-21-18(19-2)20-9-7-15-12-22-23(3)13-15;/h5-6,11-13H,7-10H2,1-4H3,(H2,19,20,21);1H. The molecule has 0 radical (unpaired) electrons. The van der Waals surface area contributed by atoms with Crippen molar-refractivity contribution >= 4 is 29.9 Å². The number of nitrogens with zero attached hydrogens (tertiary/aromatic N) is 3. The van der Waals surface area contributed by atoms with Crippen LogP contribution in [-0.4, -0.2) is 43.0 Å². The lowest BCUT2D eigenvalue weighted by Gasteiger charge is -2.13. The van der Waals surface area contributed by atoms with Gasteiger partial charge in [0.1, 0.15) is 5.75 Å². The van der Waals surface area contributed by atoms with E-state index in [0.29, 0.717) is 0 Å². The number of hydrogen-bond acceptors (Lipinski definition) is 3. The maximum Gasteiger partial charge on any atom is 0.190 e. The van der Waals surface area contributed by atoms with E-state index in [4.69, 9.17) is 4.74 Å². The van der Waals surface area contributed by atoms with Crippen LogP contribution in [0.5, 0.6) is 5.75 Å². The van der Waals surface area contributed by atoms with Crippen LogP contribution >= 0.6 is 24.0 Å². The first-order valence-corrected chi connectivity index (χ1v) is 8.18. The van der Waals surface area contributed by atoms with Crippen molar-refractivity contribution in [2.75, 3.05) is 27.2 Å². The van der Waals surface area contributed by atoms with E-state index < -0.39 is 0 Å². The summed E-state index contributed by atoms with van der Waals surface area (Å²) in [7, 11) is 5.42. The fourth-order valence-corrected chi connectivity index (χ4v) is 2.57. The SMILES string of the molecule is CN=C(NCCc1cnn(C)c1)NCCc1cc(C)ccc1OC.I. The molecule has 0 amide bonds. The van der Waals surface area contributed by atoms with Gasteiger partial charge in [-0.15, -0.1) is 24.0 Å². The molecule has 138 valence electrons. The fourth-order valence-electron chi connectivity index (χ4n) is 2.57. The summed E-state index contributed by atoms with van der Waals surface area (Å²) in [6.07, 6.45) is 5.72. The number of hydrogen-bond donors (Lipinski definition) is 2. The third-order valence-corrected chi connectivity index (χ3v) is 3.81. The Hall–Kier alpha value is -1.77. The van der Waals surface area contributed by atoms with E-state index >= 15 is 0 Å². The summed E-state index contributed by atoms with van der Waals surface area (Å²) in [4.78, 5) is 4.26. The fraction of sp³-hybridized carbons (Fsp3) is 0.444. The molecule has 0 spiro atoms. The van der Waals surface area contributed by atoms with Crippen molar-refractivity contribution in [2.45, 2.75) is 19.8 Å². The highest BCUT2D eigenvalue weighted by Gasteiger charge is 2.04. The van der Waals surface area contributed by atoms with Gasteiger partial charge < -0.3 is 15.4 Å². The number of aryl methyl sites for hydroxylation is 2. The zero-order chi connectivity index (χ0) is 17.4. The molecule has 0 aliphatic heterocycles. The summed E-state index contributed by atoms with van der Waals surface area (Å²) in [6.45, 7) is 3.71. The van der Waals surface area contributed by atoms with Gasteiger partial charge in [0.25, 0.3) is 0 Å². The molecule has 0 aliphatic carbocycles. The summed E-state index contributed by atoms with van der Waals surface area (Å²) in [5, 5.41) is 10.8. The molecule has 2 N–H and O–H groups in total. The number of methoxy groups -OCH3 is 1. The molecule has 0 saturated heterocycles. The van der Waals surface area contributed by atoms with Gasteiger partial charge in [-0.05, 0) is 37.0 Å². The molecule has 0 aliphatic rings. The van der Waals surface area contributed by atoms with E-state index in [9.17, 15) is 0 Å². The summed E-state index contributed by atoms with van der Waals surface area (Å²) >= 11 is 0. The van der Waals surface area contributed by atoms with Crippen LogP contribution in [0.2, 0.25) is 0 Å². The van der Waals surface area contributed by atoms with E-state index in [1.54, 1.807) is 14.2 Å². The zero-order valence-corrected chi connectivity index (χ0v) is 17.7. The number of aromatic nitrogens is 2. The van der Waals surface area contributed by atoms with Gasteiger partial charge in [0.15, 0.2) is 5.96 Å². The predicted molar refractivity (Wildman–Crippen MR) is 113 cm³/mol. The number of rotatable bonds is 7. The van der Waals surface area contributed by atoms with Gasteiger partial charge in [-0.2, -0.15) is 5.10 Å². The molecule has 1 heterocycles. The molecule has 6 nitrogen and oxygen atoms in total. The van der Waals surface area contributed by atoms with Crippen LogP contribution in [0.4, 0.5) is 0 Å². The smallest absolute Gasteiger partial charge is 0.190 e. The third kappa shape index (κ3) is 6.93. The van der Waals surface area contributed by atoms with Crippen molar-refractivity contribution in [3.63, 3.8) is 0 Å². The highest BCUT2D eigenvalue weighted by atomic mass is 127. The third-order valence-electron chi connectivity index (χ3n) is 3.81. The molecule has 2 aromatic rings. The Morgan fingerprint density at radius 1 is 1.24 bits per heavy atom. The normalized spacial score (nSPS) is 11.0. The highest BCUT2D eigenvalue weighted by molar-refractivity contribution is 14.0. The van der Waals surface area contributed by atoms with Crippen LogP contribution in [0, 0.1) is 6.92 Å². The number of nitrogens with one attached hydrogen (secondary N) is 2. The lowest BCUT2D eigenvalue weighted by atomic mass is 10.1. The van der Waals surface area contributed by atoms with Crippen LogP contribution in [0.3, 0.4) is 0 Å². The predicted octanol–water partition coefficient (Wildman–Crippen LogP) is 2.31. The lowest BCUT2D eigenvalue weighted by molar-refractivity contribution is 0.409. The topological polar surface area (TPSA) is 63.5 Å². The second-order valence-electron chi connectivity index (χ2n) is 5.76. The van der Waals surface area contributed by atoms with E-state index in [0.717, 1.165) is 37.6 Å². The average molecular weight is 457 g/mol. The first-order valence-electron chi connectivity index (χ1n) is 8.18. The Morgan fingerprint density at radius 3 is 2.56 bits per heavy atom. The number of halogens is 1. The molecule has 1 aromatic heterocycles. The molecule has 7 heteroatoms. The number of benzene rings is 1. The lowest BCUT2D eigenvalue weighted by Crippen LogP contribution is -2.39. The van der Waals surface area contributed by atoms with Crippen molar-refractivity contribution in [3.8, 4) is 5.75 Å². The van der Waals surface area contributed by atoms with Gasteiger partial charge in [0, 0.05) is 33.4 Å². The minimum atomic E-state index is 0. The van der Waals surface area contributed by atoms with E-state index in [-0.39, 0.29) is 24.0 Å². The average Bonchev–Trinajstić information content (AvgIpc) is 2.99. The quantitative estimate of drug-likeness (QED) is 0.381. The summed E-state index contributed by atoms with van der Waals surface area (Å²) in [5.74, 6) is 1.74. The molecular formula is C18H28IN5O. The molecule has 25 heavy (non-hydrogen) atoms. The highest BCUT2D eigenvalue weighted by Crippen LogP contribution is 2.19. The summed E-state index contributed by atoms with van der Waals surface area (Å²) < 4.78 is 7.24. The molecule has 0 saturated carbocycles. The van der Waals surface area contributed by atoms with Gasteiger partial charge in [-0.1, -0.05) is 17.7 Å². The van der Waals surface area contributed by atoms with E-state index in [1.807, 2.05) is 30.2 Å². The van der Waals surface area contributed by atoms with Crippen molar-refractivity contribution in [2.24, 2.45) is 12.0 Å². The number of ether oxygens (including phenoxy) is 1. The summed E-state index contributed by atoms with van der Waals surface area (Å²) in [6, 6.07) is 6.25. The second-order valence-corrected chi connectivity index (χ2v) is 5.76. The molecule has 1 aromatic carbocycles. The largest absolute Gasteiger partial charge is 0.496 e. The molecular weight excluding hydrogens is 429 g/mol. The Morgan fingerprint density at radius 2 is 1.96 bits per heavy atom. The maximum atomic E-state index is 5.42. The van der Waals surface area contributed by atoms with Crippen LogP contribution in [0.1, 0.15) is 16.7 Å². The van der Waals surface area contributed by atoms with Crippen LogP contribution in [0.25, 0.3) is 0 Å². The van der Waals surface area contributed by atoms with Crippen molar-refractivity contribution in [3.05, 3.63) is 47.3 Å². The van der Waals surface area contributed by atoms with Gasteiger partial charge in [-0.25, -0.2) is 0 Å². The Balaban J connectivity index is 0.00000312. The first kappa shape index (κ1) is 21.3. The molecule has 0 unspecified atom stereocenters. The Labute approximate surface area is 167 Å². The van der Waals surface area contributed by atoms with Gasteiger partial charge in [0.2, 0.25) is 0 Å². The minimum absolute atomic E-state index is 0. The molecule has 2 rings (SSSR count). The van der Waals surface area contributed by atoms with Gasteiger partial charge in [-0.3, -0.25) is 9.67 Å². The van der Waals surface area contributed by atoms with Crippen molar-refractivity contribution in [1.82, 2.24) is 20.4 Å². The second kappa shape index (κ2) is 11.0. The van der Waals surface area contributed by atoms with Crippen molar-refractivity contribution in [1.29, 1.82) is 0 Å². The Kier molecular flexibility index (Phi) is 9.33. The van der Waals surface area contributed by atoms with Gasteiger partial charge >= 0.3 is 0 Å². The van der Waals surface area contributed by atoms with Crippen LogP contribution < -0.4 is 15.4 Å². The van der Waals surface area contributed by atoms with Crippen LogP contribution in [-0.2, 0) is 19.9 Å². The number of guanidine groups is 1. The monoisotopic (exact) mass is 457 g/mol. The van der Waals surface area contributed by atoms with Crippen LogP contribution in [0.15, 0.2) is 35.6 Å². The van der Waals surface area contributed by atoms with Crippen molar-refractivity contribution < 1.29 is 4.74 Å².